The number of nitrogens with two attached hydrogens (primary N) is 1. The highest BCUT2D eigenvalue weighted by Gasteiger charge is 2.56. The molecule has 0 fully saturated rings. The Bertz CT molecular complexity index is 1370. The Kier molecular flexibility index (Phi) is 5.58. The molecule has 33 heavy (non-hydrogen) atoms. The first kappa shape index (κ1) is 23.3. The molecule has 3 heterocycles. The summed E-state index contributed by atoms with van der Waals surface area (Å²) in [5.74, 6) is -0.723. The average molecular weight is 488 g/mol. The highest BCUT2D eigenvalue weighted by Crippen LogP contribution is 2.47. The van der Waals surface area contributed by atoms with Gasteiger partial charge in [0.2, 0.25) is 0 Å². The molecule has 2 aliphatic rings. The minimum atomic E-state index is -2.81. The number of fused-ring (bicyclic) bond motifs is 1. The van der Waals surface area contributed by atoms with Crippen LogP contribution in [0, 0.1) is 17.1 Å². The summed E-state index contributed by atoms with van der Waals surface area (Å²) in [5.41, 5.74) is 6.08. The van der Waals surface area contributed by atoms with E-state index < -0.39 is 31.1 Å². The van der Waals surface area contributed by atoms with E-state index in [0.29, 0.717) is 18.5 Å². The second-order valence-electron chi connectivity index (χ2n) is 8.93. The number of aromatic nitrogens is 1. The summed E-state index contributed by atoms with van der Waals surface area (Å²) in [6.45, 7) is 5.64. The SMILES string of the molecule is CC1(C)C(N)=N[C@](C)(c2cc(CC(=O)c3ncc(C#N)cc3Cl)ccc2F)[C@@H]2CCN=[S@@]21=O. The molecule has 0 unspecified atom stereocenters. The summed E-state index contributed by atoms with van der Waals surface area (Å²) in [7, 11) is -2.81. The van der Waals surface area contributed by atoms with Crippen LogP contribution >= 0.6 is 11.6 Å². The van der Waals surface area contributed by atoms with Gasteiger partial charge in [0, 0.05) is 24.7 Å². The Balaban J connectivity index is 1.75. The third kappa shape index (κ3) is 3.52. The standard InChI is InChI=1S/C23H23ClFN5O2S/c1-22(2)21(27)30-23(3,19-6-7-29-33(19,22)32)15-8-13(4-5-17(15)25)10-18(31)20-16(24)9-14(11-26)12-28-20/h4-5,8-9,12,19H,6-7,10H2,1-3H3,(H2,27,30)/t19-,23+,33+/m0/s1. The molecule has 172 valence electrons. The van der Waals surface area contributed by atoms with E-state index in [1.54, 1.807) is 26.8 Å². The van der Waals surface area contributed by atoms with Gasteiger partial charge in [-0.15, -0.1) is 0 Å². The molecule has 0 spiro atoms. The highest BCUT2D eigenvalue weighted by atomic mass is 35.5. The van der Waals surface area contributed by atoms with E-state index in [-0.39, 0.29) is 39.9 Å². The Morgan fingerprint density at radius 1 is 1.36 bits per heavy atom. The predicted octanol–water partition coefficient (Wildman–Crippen LogP) is 3.78. The van der Waals surface area contributed by atoms with Crippen LogP contribution < -0.4 is 5.73 Å². The van der Waals surface area contributed by atoms with Crippen molar-refractivity contribution in [2.75, 3.05) is 6.54 Å². The second-order valence-corrected chi connectivity index (χ2v) is 12.3. The molecule has 7 nitrogen and oxygen atoms in total. The summed E-state index contributed by atoms with van der Waals surface area (Å²) in [5, 5.41) is 8.51. The van der Waals surface area contributed by atoms with E-state index in [9.17, 15) is 9.00 Å². The van der Waals surface area contributed by atoms with Crippen LogP contribution in [0.4, 0.5) is 4.39 Å². The van der Waals surface area contributed by atoms with E-state index in [0.717, 1.165) is 0 Å². The summed E-state index contributed by atoms with van der Waals surface area (Å²) in [4.78, 5) is 21.5. The Morgan fingerprint density at radius 3 is 2.76 bits per heavy atom. The Morgan fingerprint density at radius 2 is 2.09 bits per heavy atom. The molecule has 1 aromatic carbocycles. The molecule has 2 aromatic rings. The molecular weight excluding hydrogens is 465 g/mol. The maximum Gasteiger partial charge on any atom is 0.187 e. The van der Waals surface area contributed by atoms with Crippen molar-refractivity contribution in [2.24, 2.45) is 15.1 Å². The van der Waals surface area contributed by atoms with Crippen LogP contribution in [0.15, 0.2) is 39.8 Å². The first-order valence-corrected chi connectivity index (χ1v) is 12.3. The van der Waals surface area contributed by atoms with Crippen LogP contribution in [0.5, 0.6) is 0 Å². The lowest BCUT2D eigenvalue weighted by Gasteiger charge is -2.44. The zero-order valence-electron chi connectivity index (χ0n) is 18.4. The summed E-state index contributed by atoms with van der Waals surface area (Å²) in [6, 6.07) is 7.64. The number of ketones is 1. The lowest BCUT2D eigenvalue weighted by atomic mass is 9.84. The van der Waals surface area contributed by atoms with E-state index in [1.807, 2.05) is 6.07 Å². The number of halogens is 2. The van der Waals surface area contributed by atoms with Gasteiger partial charge in [0.1, 0.15) is 33.7 Å². The van der Waals surface area contributed by atoms with Crippen LogP contribution in [0.1, 0.15) is 54.4 Å². The van der Waals surface area contributed by atoms with Gasteiger partial charge < -0.3 is 5.73 Å². The van der Waals surface area contributed by atoms with Crippen molar-refractivity contribution in [2.45, 2.75) is 49.1 Å². The van der Waals surface area contributed by atoms with E-state index >= 15 is 4.39 Å². The van der Waals surface area contributed by atoms with Crippen LogP contribution in [0.2, 0.25) is 5.02 Å². The molecule has 0 amide bonds. The van der Waals surface area contributed by atoms with Crippen LogP contribution in [-0.2, 0) is 21.7 Å². The number of hydrogen-bond donors (Lipinski definition) is 1. The minimum absolute atomic E-state index is 0.0343. The van der Waals surface area contributed by atoms with Crippen molar-refractivity contribution < 1.29 is 13.4 Å². The van der Waals surface area contributed by atoms with Crippen molar-refractivity contribution in [3.05, 3.63) is 63.7 Å². The fraction of sp³-hybridized carbons (Fsp3) is 0.391. The summed E-state index contributed by atoms with van der Waals surface area (Å²) >= 11 is 6.12. The largest absolute Gasteiger partial charge is 0.386 e. The molecule has 0 saturated heterocycles. The number of rotatable bonds is 4. The van der Waals surface area contributed by atoms with Gasteiger partial charge in [-0.3, -0.25) is 14.8 Å². The van der Waals surface area contributed by atoms with Gasteiger partial charge >= 0.3 is 0 Å². The number of hydrogen-bond acceptors (Lipinski definition) is 7. The lowest BCUT2D eigenvalue weighted by molar-refractivity contribution is 0.0988. The van der Waals surface area contributed by atoms with Gasteiger partial charge in [0.05, 0.1) is 25.6 Å². The maximum atomic E-state index is 15.1. The molecule has 10 heteroatoms. The first-order valence-electron chi connectivity index (χ1n) is 10.4. The molecule has 0 radical (unpaired) electrons. The number of Topliss-reactive ketones (excluding diaryl/α,β-unsaturated/α-hetero) is 1. The van der Waals surface area contributed by atoms with Gasteiger partial charge in [-0.05, 0) is 51.0 Å². The normalized spacial score (nSPS) is 27.8. The monoisotopic (exact) mass is 487 g/mol. The number of carbonyl (C=O) groups is 1. The number of nitriles is 1. The second kappa shape index (κ2) is 7.89. The van der Waals surface area contributed by atoms with Gasteiger partial charge in [0.15, 0.2) is 5.78 Å². The molecule has 4 rings (SSSR count). The number of nitrogens with zero attached hydrogens (tertiary/aromatic N) is 4. The van der Waals surface area contributed by atoms with Crippen molar-refractivity contribution in [1.29, 1.82) is 5.26 Å². The fourth-order valence-electron chi connectivity index (χ4n) is 4.55. The zero-order chi connectivity index (χ0) is 24.2. The molecular formula is C23H23ClFN5O2S. The van der Waals surface area contributed by atoms with Crippen molar-refractivity contribution in [1.82, 2.24) is 4.98 Å². The molecule has 0 aliphatic carbocycles. The first-order chi connectivity index (χ1) is 15.4. The van der Waals surface area contributed by atoms with Crippen LogP contribution in [0.3, 0.4) is 0 Å². The third-order valence-electron chi connectivity index (χ3n) is 6.56. The van der Waals surface area contributed by atoms with Crippen molar-refractivity contribution in [3.63, 3.8) is 0 Å². The number of pyridine rings is 1. The highest BCUT2D eigenvalue weighted by molar-refractivity contribution is 7.96. The van der Waals surface area contributed by atoms with Gasteiger partial charge in [-0.1, -0.05) is 17.7 Å². The molecule has 2 aliphatic heterocycles. The van der Waals surface area contributed by atoms with E-state index in [4.69, 9.17) is 22.6 Å². The number of carbonyl (C=O) groups excluding carboxylic acids is 1. The Hall–Kier alpha value is -2.83. The van der Waals surface area contributed by atoms with Crippen LogP contribution in [0.25, 0.3) is 0 Å². The number of aliphatic imine (C=N–C) groups is 1. The summed E-state index contributed by atoms with van der Waals surface area (Å²) in [6.07, 6.45) is 1.69. The van der Waals surface area contributed by atoms with Gasteiger partial charge in [0.25, 0.3) is 0 Å². The smallest absolute Gasteiger partial charge is 0.187 e. The van der Waals surface area contributed by atoms with E-state index in [1.165, 1.54) is 24.4 Å². The molecule has 2 N–H and O–H groups in total. The molecule has 3 atom stereocenters. The quantitative estimate of drug-likeness (QED) is 0.657. The molecule has 0 saturated carbocycles. The number of amidine groups is 1. The van der Waals surface area contributed by atoms with E-state index in [2.05, 4.69) is 14.3 Å². The molecule has 0 bridgehead atoms. The Labute approximate surface area is 197 Å². The summed E-state index contributed by atoms with van der Waals surface area (Å²) < 4.78 is 32.5. The number of benzene rings is 1. The maximum absolute atomic E-state index is 15.1. The average Bonchev–Trinajstić information content (AvgIpc) is 3.18. The van der Waals surface area contributed by atoms with Gasteiger partial charge in [-0.25, -0.2) is 13.0 Å². The zero-order valence-corrected chi connectivity index (χ0v) is 20.0. The minimum Gasteiger partial charge on any atom is -0.386 e. The van der Waals surface area contributed by atoms with Gasteiger partial charge in [-0.2, -0.15) is 5.26 Å². The predicted molar refractivity (Wildman–Crippen MR) is 125 cm³/mol. The topological polar surface area (TPSA) is 122 Å². The fourth-order valence-corrected chi connectivity index (χ4v) is 7.98. The third-order valence-corrected chi connectivity index (χ3v) is 10.6. The lowest BCUT2D eigenvalue weighted by Crippen LogP contribution is -2.58. The van der Waals surface area contributed by atoms with Crippen molar-refractivity contribution in [3.8, 4) is 6.07 Å². The van der Waals surface area contributed by atoms with Crippen molar-refractivity contribution >= 4 is 32.9 Å². The molecule has 1 aromatic heterocycles. The van der Waals surface area contributed by atoms with Crippen LogP contribution in [-0.4, -0.2) is 37.4 Å².